The Balaban J connectivity index is 1.49. The van der Waals surface area contributed by atoms with Gasteiger partial charge in [0.25, 0.3) is 5.91 Å². The van der Waals surface area contributed by atoms with Gasteiger partial charge in [-0.15, -0.1) is 0 Å². The highest BCUT2D eigenvalue weighted by molar-refractivity contribution is 6.42. The smallest absolute Gasteiger partial charge is 0.251 e. The fourth-order valence-corrected chi connectivity index (χ4v) is 2.84. The molecule has 0 aliphatic carbocycles. The summed E-state index contributed by atoms with van der Waals surface area (Å²) in [5.74, 6) is 0.451. The van der Waals surface area contributed by atoms with Crippen molar-refractivity contribution < 1.29 is 4.79 Å². The predicted octanol–water partition coefficient (Wildman–Crippen LogP) is 4.07. The summed E-state index contributed by atoms with van der Waals surface area (Å²) in [7, 11) is 0. The largest absolute Gasteiger partial charge is 0.371 e. The second-order valence-corrected chi connectivity index (χ2v) is 6.57. The summed E-state index contributed by atoms with van der Waals surface area (Å²) in [6, 6.07) is 13.7. The van der Waals surface area contributed by atoms with Gasteiger partial charge in [-0.1, -0.05) is 35.3 Å². The second-order valence-electron chi connectivity index (χ2n) is 5.76. The molecule has 3 rings (SSSR count). The van der Waals surface area contributed by atoms with Crippen LogP contribution in [0.1, 0.15) is 16.8 Å². The van der Waals surface area contributed by atoms with Crippen molar-refractivity contribution >= 4 is 45.8 Å². The van der Waals surface area contributed by atoms with Crippen molar-refractivity contribution in [3.8, 4) is 0 Å². The lowest BCUT2D eigenvalue weighted by atomic mass is 10.2. The summed E-state index contributed by atoms with van der Waals surface area (Å²) in [4.78, 5) is 27.3. The lowest BCUT2D eigenvalue weighted by Crippen LogP contribution is -2.26. The molecule has 0 fully saturated rings. The van der Waals surface area contributed by atoms with Gasteiger partial charge in [0.2, 0.25) is 0 Å². The number of fused-ring (bicyclic) bond motifs is 1. The lowest BCUT2D eigenvalue weighted by Gasteiger charge is -2.09. The summed E-state index contributed by atoms with van der Waals surface area (Å²) in [6.07, 6.45) is 0.696. The van der Waals surface area contributed by atoms with E-state index in [0.29, 0.717) is 46.3 Å². The third-order valence-electron chi connectivity index (χ3n) is 3.87. The van der Waals surface area contributed by atoms with Crippen molar-refractivity contribution in [3.63, 3.8) is 0 Å². The Kier molecular flexibility index (Phi) is 5.81. The summed E-state index contributed by atoms with van der Waals surface area (Å²) in [6.45, 7) is 1.10. The first-order valence-corrected chi connectivity index (χ1v) is 8.89. The first-order chi connectivity index (χ1) is 12.5. The molecular weight excluding hydrogens is 373 g/mol. The minimum absolute atomic E-state index is 0.0326. The van der Waals surface area contributed by atoms with Crippen LogP contribution in [0.5, 0.6) is 0 Å². The number of para-hydroxylation sites is 1. The van der Waals surface area contributed by atoms with Gasteiger partial charge in [0.15, 0.2) is 5.43 Å². The van der Waals surface area contributed by atoms with Crippen molar-refractivity contribution in [2.24, 2.45) is 0 Å². The van der Waals surface area contributed by atoms with E-state index in [9.17, 15) is 9.59 Å². The Morgan fingerprint density at radius 1 is 1.00 bits per heavy atom. The number of aromatic amines is 1. The maximum Gasteiger partial charge on any atom is 0.251 e. The summed E-state index contributed by atoms with van der Waals surface area (Å²) < 4.78 is 0. The Labute approximate surface area is 160 Å². The molecule has 3 N–H and O–H groups in total. The molecule has 0 atom stereocenters. The second kappa shape index (κ2) is 8.25. The topological polar surface area (TPSA) is 74.0 Å². The predicted molar refractivity (Wildman–Crippen MR) is 106 cm³/mol. The molecule has 3 aromatic rings. The van der Waals surface area contributed by atoms with Crippen LogP contribution in [-0.4, -0.2) is 24.0 Å². The van der Waals surface area contributed by atoms with Crippen LogP contribution in [0.25, 0.3) is 10.9 Å². The minimum atomic E-state index is -0.206. The van der Waals surface area contributed by atoms with Gasteiger partial charge in [0.05, 0.1) is 15.6 Å². The van der Waals surface area contributed by atoms with Gasteiger partial charge >= 0.3 is 0 Å². The molecule has 0 saturated carbocycles. The first kappa shape index (κ1) is 18.3. The van der Waals surface area contributed by atoms with Crippen molar-refractivity contribution in [3.05, 3.63) is 74.4 Å². The molecule has 0 aliphatic rings. The zero-order valence-corrected chi connectivity index (χ0v) is 15.3. The summed E-state index contributed by atoms with van der Waals surface area (Å²) in [5.41, 5.74) is 1.22. The van der Waals surface area contributed by atoms with E-state index in [-0.39, 0.29) is 11.3 Å². The minimum Gasteiger partial charge on any atom is -0.371 e. The molecule has 0 aliphatic heterocycles. The molecule has 134 valence electrons. The lowest BCUT2D eigenvalue weighted by molar-refractivity contribution is 0.0953. The van der Waals surface area contributed by atoms with Crippen LogP contribution < -0.4 is 16.1 Å². The summed E-state index contributed by atoms with van der Waals surface area (Å²) in [5, 5.41) is 7.40. The Morgan fingerprint density at radius 2 is 1.81 bits per heavy atom. The molecule has 0 radical (unpaired) electrons. The van der Waals surface area contributed by atoms with Gasteiger partial charge in [-0.2, -0.15) is 0 Å². The standard InChI is InChI=1S/C19H17Cl2N3O2/c20-14-7-6-12(10-15(14)21)19(26)23-9-3-8-22-18-11-17(25)13-4-1-2-5-16(13)24-18/h1-2,4-7,10-11H,3,8-9H2,(H,23,26)(H2,22,24,25). The van der Waals surface area contributed by atoms with Crippen LogP contribution in [0.2, 0.25) is 10.0 Å². The SMILES string of the molecule is O=C(NCCCNc1cc(=O)c2ccccc2[nH]1)c1ccc(Cl)c(Cl)c1. The maximum absolute atomic E-state index is 12.1. The average Bonchev–Trinajstić information content (AvgIpc) is 2.63. The first-order valence-electron chi connectivity index (χ1n) is 8.14. The Morgan fingerprint density at radius 3 is 2.62 bits per heavy atom. The van der Waals surface area contributed by atoms with E-state index in [1.807, 2.05) is 18.2 Å². The number of amides is 1. The maximum atomic E-state index is 12.1. The average molecular weight is 390 g/mol. The van der Waals surface area contributed by atoms with Gasteiger partial charge in [-0.3, -0.25) is 9.59 Å². The number of carbonyl (C=O) groups is 1. The normalized spacial score (nSPS) is 10.7. The highest BCUT2D eigenvalue weighted by Crippen LogP contribution is 2.22. The van der Waals surface area contributed by atoms with Crippen molar-refractivity contribution in [2.45, 2.75) is 6.42 Å². The number of hydrogen-bond donors (Lipinski definition) is 3. The summed E-state index contributed by atoms with van der Waals surface area (Å²) >= 11 is 11.8. The molecular formula is C19H17Cl2N3O2. The molecule has 26 heavy (non-hydrogen) atoms. The molecule has 5 nitrogen and oxygen atoms in total. The number of rotatable bonds is 6. The number of anilines is 1. The molecule has 0 unspecified atom stereocenters. The van der Waals surface area contributed by atoms with Gasteiger partial charge < -0.3 is 15.6 Å². The van der Waals surface area contributed by atoms with Crippen molar-refractivity contribution in [1.82, 2.24) is 10.3 Å². The highest BCUT2D eigenvalue weighted by atomic mass is 35.5. The van der Waals surface area contributed by atoms with E-state index in [1.165, 1.54) is 12.1 Å². The molecule has 0 saturated heterocycles. The number of aromatic nitrogens is 1. The van der Waals surface area contributed by atoms with Gasteiger partial charge in [-0.05, 0) is 36.8 Å². The molecule has 7 heteroatoms. The zero-order chi connectivity index (χ0) is 18.5. The molecule has 1 heterocycles. The van der Waals surface area contributed by atoms with E-state index in [1.54, 1.807) is 18.2 Å². The molecule has 2 aromatic carbocycles. The Hall–Kier alpha value is -2.50. The molecule has 0 spiro atoms. The van der Waals surface area contributed by atoms with Gasteiger partial charge in [0.1, 0.15) is 5.82 Å². The van der Waals surface area contributed by atoms with Crippen molar-refractivity contribution in [1.29, 1.82) is 0 Å². The van der Waals surface area contributed by atoms with Crippen LogP contribution in [0.4, 0.5) is 5.82 Å². The number of hydrogen-bond acceptors (Lipinski definition) is 3. The number of carbonyl (C=O) groups excluding carboxylic acids is 1. The van der Waals surface area contributed by atoms with E-state index in [4.69, 9.17) is 23.2 Å². The Bertz CT molecular complexity index is 1000. The van der Waals surface area contributed by atoms with E-state index in [0.717, 1.165) is 5.52 Å². The highest BCUT2D eigenvalue weighted by Gasteiger charge is 2.07. The van der Waals surface area contributed by atoms with Crippen molar-refractivity contribution in [2.75, 3.05) is 18.4 Å². The number of nitrogens with one attached hydrogen (secondary N) is 3. The number of H-pyrrole nitrogens is 1. The molecule has 1 aromatic heterocycles. The monoisotopic (exact) mass is 389 g/mol. The molecule has 1 amide bonds. The van der Waals surface area contributed by atoms with Gasteiger partial charge in [0, 0.05) is 30.1 Å². The van der Waals surface area contributed by atoms with E-state index >= 15 is 0 Å². The van der Waals surface area contributed by atoms with Crippen LogP contribution >= 0.6 is 23.2 Å². The number of pyridine rings is 1. The number of halogens is 2. The zero-order valence-electron chi connectivity index (χ0n) is 13.8. The van der Waals surface area contributed by atoms with Crippen LogP contribution in [0, 0.1) is 0 Å². The quantitative estimate of drug-likeness (QED) is 0.556. The third kappa shape index (κ3) is 4.36. The fourth-order valence-electron chi connectivity index (χ4n) is 2.55. The number of benzene rings is 2. The molecule has 0 bridgehead atoms. The van der Waals surface area contributed by atoms with Crippen LogP contribution in [0.3, 0.4) is 0 Å². The van der Waals surface area contributed by atoms with Crippen LogP contribution in [0.15, 0.2) is 53.3 Å². The fraction of sp³-hybridized carbons (Fsp3) is 0.158. The van der Waals surface area contributed by atoms with Crippen LogP contribution in [-0.2, 0) is 0 Å². The van der Waals surface area contributed by atoms with E-state index < -0.39 is 0 Å². The third-order valence-corrected chi connectivity index (χ3v) is 4.61. The van der Waals surface area contributed by atoms with E-state index in [2.05, 4.69) is 15.6 Å². The van der Waals surface area contributed by atoms with Gasteiger partial charge in [-0.25, -0.2) is 0 Å².